The van der Waals surface area contributed by atoms with Crippen molar-refractivity contribution in [3.8, 4) is 6.07 Å². The normalized spacial score (nSPS) is 10.0. The fourth-order valence-corrected chi connectivity index (χ4v) is 2.58. The van der Waals surface area contributed by atoms with Gasteiger partial charge in [-0.1, -0.05) is 22.0 Å². The summed E-state index contributed by atoms with van der Waals surface area (Å²) in [6.07, 6.45) is 0. The van der Waals surface area contributed by atoms with Crippen LogP contribution in [0.5, 0.6) is 0 Å². The first-order valence-electron chi connectivity index (χ1n) is 3.39. The summed E-state index contributed by atoms with van der Waals surface area (Å²) in [6.45, 7) is 0. The van der Waals surface area contributed by atoms with Gasteiger partial charge in [0.05, 0.1) is 0 Å². The molecule has 0 radical (unpaired) electrons. The molecule has 0 aliphatic heterocycles. The van der Waals surface area contributed by atoms with E-state index in [1.165, 1.54) is 11.3 Å². The predicted octanol–water partition coefficient (Wildman–Crippen LogP) is 3.54. The number of thiophene rings is 1. The van der Waals surface area contributed by atoms with Crippen LogP contribution in [0.2, 0.25) is 0 Å². The molecule has 0 bridgehead atoms. The van der Waals surface area contributed by atoms with Crippen LogP contribution in [0.4, 0.5) is 0 Å². The second-order valence-corrected chi connectivity index (χ2v) is 4.31. The van der Waals surface area contributed by atoms with Gasteiger partial charge in [-0.3, -0.25) is 0 Å². The van der Waals surface area contributed by atoms with Gasteiger partial charge < -0.3 is 0 Å². The van der Waals surface area contributed by atoms with Crippen LogP contribution in [0, 0.1) is 11.3 Å². The molecule has 0 aliphatic carbocycles. The Hall–Kier alpha value is -0.850. The van der Waals surface area contributed by atoms with Crippen LogP contribution in [0.1, 0.15) is 4.88 Å². The Morgan fingerprint density at radius 2 is 2.25 bits per heavy atom. The number of nitriles is 1. The average Bonchev–Trinajstić information content (AvgIpc) is 2.49. The molecule has 0 atom stereocenters. The molecule has 0 N–H and O–H groups in total. The van der Waals surface area contributed by atoms with Crippen LogP contribution in [-0.2, 0) is 0 Å². The highest BCUT2D eigenvalue weighted by atomic mass is 79.9. The van der Waals surface area contributed by atoms with Crippen molar-refractivity contribution in [2.24, 2.45) is 0 Å². The van der Waals surface area contributed by atoms with Crippen molar-refractivity contribution in [2.45, 2.75) is 0 Å². The summed E-state index contributed by atoms with van der Waals surface area (Å²) >= 11 is 4.96. The standard InChI is InChI=1S/C9H4BrNS/c10-8-2-1-3-9-7(8)4-6(5-11)12-9/h1-4H. The number of nitrogens with zero attached hydrogens (tertiary/aromatic N) is 1. The van der Waals surface area contributed by atoms with E-state index in [1.54, 1.807) is 0 Å². The van der Waals surface area contributed by atoms with E-state index in [1.807, 2.05) is 24.3 Å². The van der Waals surface area contributed by atoms with Gasteiger partial charge in [0.25, 0.3) is 0 Å². The zero-order valence-electron chi connectivity index (χ0n) is 6.04. The molecule has 0 unspecified atom stereocenters. The summed E-state index contributed by atoms with van der Waals surface area (Å²) in [5, 5.41) is 9.80. The van der Waals surface area contributed by atoms with Crippen LogP contribution in [0.15, 0.2) is 28.7 Å². The smallest absolute Gasteiger partial charge is 0.110 e. The molecule has 0 amide bonds. The molecule has 0 saturated carbocycles. The molecule has 1 aromatic heterocycles. The fraction of sp³-hybridized carbons (Fsp3) is 0. The lowest BCUT2D eigenvalue weighted by molar-refractivity contribution is 1.52. The SMILES string of the molecule is N#Cc1cc2c(Br)cccc2s1. The van der Waals surface area contributed by atoms with E-state index < -0.39 is 0 Å². The molecule has 1 nitrogen and oxygen atoms in total. The maximum absolute atomic E-state index is 8.67. The lowest BCUT2D eigenvalue weighted by Crippen LogP contribution is -1.63. The van der Waals surface area contributed by atoms with E-state index in [4.69, 9.17) is 5.26 Å². The third-order valence-corrected chi connectivity index (χ3v) is 3.31. The van der Waals surface area contributed by atoms with E-state index in [0.717, 1.165) is 19.4 Å². The van der Waals surface area contributed by atoms with E-state index in [9.17, 15) is 0 Å². The predicted molar refractivity (Wildman–Crippen MR) is 54.2 cm³/mol. The molecule has 2 aromatic rings. The third-order valence-electron chi connectivity index (χ3n) is 1.62. The largest absolute Gasteiger partial charge is 0.192 e. The minimum absolute atomic E-state index is 0.761. The van der Waals surface area contributed by atoms with Crippen LogP contribution >= 0.6 is 27.3 Å². The molecule has 3 heteroatoms. The minimum atomic E-state index is 0.761. The van der Waals surface area contributed by atoms with Gasteiger partial charge in [0, 0.05) is 14.6 Å². The Labute approximate surface area is 82.4 Å². The molecule has 0 fully saturated rings. The quantitative estimate of drug-likeness (QED) is 0.688. The van der Waals surface area contributed by atoms with Crippen LogP contribution in [-0.4, -0.2) is 0 Å². The zero-order chi connectivity index (χ0) is 8.55. The molecule has 0 aliphatic rings. The third kappa shape index (κ3) is 1.13. The Bertz CT molecular complexity index is 467. The van der Waals surface area contributed by atoms with E-state index in [2.05, 4.69) is 22.0 Å². The molecule has 58 valence electrons. The lowest BCUT2D eigenvalue weighted by Gasteiger charge is -1.89. The fourth-order valence-electron chi connectivity index (χ4n) is 1.08. The topological polar surface area (TPSA) is 23.8 Å². The molecule has 1 aromatic carbocycles. The van der Waals surface area contributed by atoms with Gasteiger partial charge in [-0.25, -0.2) is 0 Å². The summed E-state index contributed by atoms with van der Waals surface area (Å²) in [4.78, 5) is 0.761. The number of halogens is 1. The van der Waals surface area contributed by atoms with Gasteiger partial charge in [-0.15, -0.1) is 11.3 Å². The highest BCUT2D eigenvalue weighted by Gasteiger charge is 2.02. The molecule has 2 rings (SSSR count). The molecular weight excluding hydrogens is 234 g/mol. The summed E-state index contributed by atoms with van der Waals surface area (Å²) < 4.78 is 2.21. The van der Waals surface area contributed by atoms with Gasteiger partial charge in [-0.2, -0.15) is 5.26 Å². The number of hydrogen-bond acceptors (Lipinski definition) is 2. The van der Waals surface area contributed by atoms with Crippen molar-refractivity contribution in [3.05, 3.63) is 33.6 Å². The van der Waals surface area contributed by atoms with E-state index >= 15 is 0 Å². The second kappa shape index (κ2) is 2.89. The van der Waals surface area contributed by atoms with Gasteiger partial charge in [-0.05, 0) is 18.2 Å². The first-order valence-corrected chi connectivity index (χ1v) is 5.00. The first kappa shape index (κ1) is 7.78. The monoisotopic (exact) mass is 237 g/mol. The highest BCUT2D eigenvalue weighted by molar-refractivity contribution is 9.10. The van der Waals surface area contributed by atoms with E-state index in [0.29, 0.717) is 0 Å². The summed E-state index contributed by atoms with van der Waals surface area (Å²) in [6, 6.07) is 10.0. The van der Waals surface area contributed by atoms with Gasteiger partial charge >= 0.3 is 0 Å². The number of fused-ring (bicyclic) bond motifs is 1. The van der Waals surface area contributed by atoms with Crippen molar-refractivity contribution in [2.75, 3.05) is 0 Å². The minimum Gasteiger partial charge on any atom is -0.192 e. The maximum atomic E-state index is 8.67. The lowest BCUT2D eigenvalue weighted by atomic mass is 10.2. The average molecular weight is 238 g/mol. The van der Waals surface area contributed by atoms with Gasteiger partial charge in [0.2, 0.25) is 0 Å². The van der Waals surface area contributed by atoms with Gasteiger partial charge in [0.15, 0.2) is 0 Å². The molecule has 12 heavy (non-hydrogen) atoms. The number of benzene rings is 1. The van der Waals surface area contributed by atoms with Crippen LogP contribution in [0.25, 0.3) is 10.1 Å². The molecule has 1 heterocycles. The molecular formula is C9H4BrNS. The van der Waals surface area contributed by atoms with Crippen molar-refractivity contribution < 1.29 is 0 Å². The van der Waals surface area contributed by atoms with Gasteiger partial charge in [0.1, 0.15) is 10.9 Å². The second-order valence-electron chi connectivity index (χ2n) is 2.37. The summed E-state index contributed by atoms with van der Waals surface area (Å²) in [7, 11) is 0. The molecule has 0 spiro atoms. The Morgan fingerprint density at radius 3 is 2.92 bits per heavy atom. The van der Waals surface area contributed by atoms with Crippen LogP contribution < -0.4 is 0 Å². The Morgan fingerprint density at radius 1 is 1.42 bits per heavy atom. The first-order chi connectivity index (χ1) is 5.81. The number of hydrogen-bond donors (Lipinski definition) is 0. The zero-order valence-corrected chi connectivity index (χ0v) is 8.45. The summed E-state index contributed by atoms with van der Waals surface area (Å²) in [5.41, 5.74) is 0. The van der Waals surface area contributed by atoms with Crippen molar-refractivity contribution in [3.63, 3.8) is 0 Å². The van der Waals surface area contributed by atoms with Crippen molar-refractivity contribution >= 4 is 37.4 Å². The Kier molecular flexibility index (Phi) is 1.87. The van der Waals surface area contributed by atoms with Crippen molar-refractivity contribution in [1.82, 2.24) is 0 Å². The Balaban J connectivity index is 2.85. The highest BCUT2D eigenvalue weighted by Crippen LogP contribution is 2.30. The van der Waals surface area contributed by atoms with E-state index in [-0.39, 0.29) is 0 Å². The van der Waals surface area contributed by atoms with Crippen LogP contribution in [0.3, 0.4) is 0 Å². The summed E-state index contributed by atoms with van der Waals surface area (Å²) in [5.74, 6) is 0. The maximum Gasteiger partial charge on any atom is 0.110 e. The number of rotatable bonds is 0. The van der Waals surface area contributed by atoms with Crippen molar-refractivity contribution in [1.29, 1.82) is 5.26 Å². The molecule has 0 saturated heterocycles.